The fourth-order valence-corrected chi connectivity index (χ4v) is 21.5. The molecule has 0 amide bonds. The van der Waals surface area contributed by atoms with Gasteiger partial charge < -0.3 is 18.9 Å². The molecule has 0 N–H and O–H groups in total. The van der Waals surface area contributed by atoms with Gasteiger partial charge in [-0.3, -0.25) is 0 Å². The minimum Gasteiger partial charge on any atom is -0.310 e. The summed E-state index contributed by atoms with van der Waals surface area (Å²) >= 11 is 0. The lowest BCUT2D eigenvalue weighted by atomic mass is 9.33. The Balaban J connectivity index is 0.914. The SMILES string of the molecule is CC(C)(C)c1cc(-c2ccccc2)c(N2c3cc(-n4c5ccc(C(C)(C)C)cc5c5cc(C(C)(C)C)ccc54)ccc3B3c4ccc(-n5c6ccc(C(C)(C)C)cc6c6cc(C(C)(C)C)ccc65)cc4N(c4c(-c5ccccc5)cc(C(C)(C)C)cc4-c4cccc(-c5cccc(-c6ccccc6)c5)c4)c4cc(-c5ccccc5)cc2c43)c(-c2cccc(-c3cccc(-c4ccccc4)c3)c2)c1. The van der Waals surface area contributed by atoms with Gasteiger partial charge in [0, 0.05) is 77.9 Å². The smallest absolute Gasteiger partial charge is 0.252 e. The molecule has 137 heavy (non-hydrogen) atoms. The Bertz CT molecular complexity index is 7570. The summed E-state index contributed by atoms with van der Waals surface area (Å²) in [5.41, 5.74) is 44.2. The van der Waals surface area contributed by atoms with Gasteiger partial charge in [0.1, 0.15) is 0 Å². The van der Waals surface area contributed by atoms with E-state index in [4.69, 9.17) is 0 Å². The number of hydrogen-bond acceptors (Lipinski definition) is 2. The van der Waals surface area contributed by atoms with Crippen LogP contribution >= 0.6 is 0 Å². The van der Waals surface area contributed by atoms with Crippen LogP contribution in [0.15, 0.2) is 394 Å². The van der Waals surface area contributed by atoms with Crippen molar-refractivity contribution in [2.45, 2.75) is 157 Å². The minimum absolute atomic E-state index is 0.103. The highest BCUT2D eigenvalue weighted by Gasteiger charge is 2.47. The lowest BCUT2D eigenvalue weighted by Gasteiger charge is -2.46. The van der Waals surface area contributed by atoms with Gasteiger partial charge >= 0.3 is 0 Å². The Morgan fingerprint density at radius 3 is 0.701 bits per heavy atom. The zero-order valence-corrected chi connectivity index (χ0v) is 82.4. The van der Waals surface area contributed by atoms with Gasteiger partial charge in [-0.25, -0.2) is 0 Å². The highest BCUT2D eigenvalue weighted by molar-refractivity contribution is 7.00. The molecule has 4 nitrogen and oxygen atoms in total. The Morgan fingerprint density at radius 2 is 0.416 bits per heavy atom. The standard InChI is InChI=1S/C132H119BN4/c1-127(2,3)98-56-64-116-110(74-98)111-75-99(128(4,5)6)57-65-117(111)134(116)104-60-62-114-120(82-104)136(125-106(87-44-30-22-31-45-87)78-102(131(13,14)15)80-108(125)95-54-36-52-93(70-95)91-50-34-48-89(68-91)84-38-24-19-25-39-84)122-72-97(86-42-28-21-29-43-86)73-123-124(122)133(114)115-63-61-105(135-118-66-58-100(129(7,8)9)76-112(118)113-77-101(130(10,11)12)59-67-119(113)135)83-121(115)137(123)126-107(88-46-32-23-33-47-88)79-103(132(16,17)18)81-109(126)96-55-37-53-94(71-96)92-51-35-49-90(69-92)85-40-26-20-27-41-85/h19-83H,1-18H3. The third-order valence-electron chi connectivity index (χ3n) is 29.2. The van der Waals surface area contributed by atoms with E-state index >= 15 is 0 Å². The van der Waals surface area contributed by atoms with E-state index in [9.17, 15) is 0 Å². The molecule has 4 heterocycles. The van der Waals surface area contributed by atoms with Crippen LogP contribution in [0, 0.1) is 0 Å². The average Bonchev–Trinajstić information content (AvgIpc) is 1.10. The van der Waals surface area contributed by atoms with Crippen molar-refractivity contribution in [3.8, 4) is 112 Å². The molecule has 0 radical (unpaired) electrons. The fraction of sp³-hybridized carbons (Fsp3) is 0.182. The van der Waals surface area contributed by atoms with E-state index in [0.29, 0.717) is 0 Å². The molecule has 0 unspecified atom stereocenters. The molecule has 2 aliphatic heterocycles. The molecular formula is C132H119BN4. The Labute approximate surface area is 810 Å². The number of anilines is 6. The van der Waals surface area contributed by atoms with Crippen molar-refractivity contribution in [3.63, 3.8) is 0 Å². The zero-order chi connectivity index (χ0) is 94.7. The van der Waals surface area contributed by atoms with Gasteiger partial charge in [-0.05, 0) is 294 Å². The maximum Gasteiger partial charge on any atom is 0.252 e. The molecule has 2 aromatic heterocycles. The third-order valence-corrected chi connectivity index (χ3v) is 29.2. The molecule has 18 aromatic carbocycles. The lowest BCUT2D eigenvalue weighted by molar-refractivity contribution is 0.590. The van der Waals surface area contributed by atoms with Crippen molar-refractivity contribution in [2.24, 2.45) is 0 Å². The summed E-state index contributed by atoms with van der Waals surface area (Å²) < 4.78 is 5.18. The highest BCUT2D eigenvalue weighted by atomic mass is 15.2. The normalized spacial score (nSPS) is 13.0. The summed E-state index contributed by atoms with van der Waals surface area (Å²) in [5.74, 6) is 0. The second-order valence-electron chi connectivity index (χ2n) is 44.6. The van der Waals surface area contributed by atoms with Crippen LogP contribution in [0.4, 0.5) is 34.1 Å². The van der Waals surface area contributed by atoms with Gasteiger partial charge in [-0.1, -0.05) is 385 Å². The van der Waals surface area contributed by atoms with E-state index in [-0.39, 0.29) is 39.2 Å². The average molecular weight is 1770 g/mol. The molecule has 0 saturated carbocycles. The molecule has 670 valence electrons. The molecule has 20 aromatic rings. The number of fused-ring (bicyclic) bond motifs is 10. The van der Waals surface area contributed by atoms with E-state index in [1.165, 1.54) is 93.6 Å². The summed E-state index contributed by atoms with van der Waals surface area (Å²) in [4.78, 5) is 5.55. The van der Waals surface area contributed by atoms with Crippen molar-refractivity contribution in [1.29, 1.82) is 0 Å². The zero-order valence-electron chi connectivity index (χ0n) is 82.4. The first-order chi connectivity index (χ1) is 65.7. The van der Waals surface area contributed by atoms with Crippen LogP contribution < -0.4 is 26.2 Å². The van der Waals surface area contributed by atoms with Gasteiger partial charge in [0.05, 0.1) is 33.4 Å². The minimum atomic E-state index is -0.357. The third kappa shape index (κ3) is 15.7. The Morgan fingerprint density at radius 1 is 0.175 bits per heavy atom. The van der Waals surface area contributed by atoms with Crippen LogP contribution in [0.2, 0.25) is 0 Å². The number of rotatable bonds is 13. The first-order valence-corrected chi connectivity index (χ1v) is 49.0. The summed E-state index contributed by atoms with van der Waals surface area (Å²) in [5, 5.41) is 4.98. The van der Waals surface area contributed by atoms with Gasteiger partial charge in [0.25, 0.3) is 6.71 Å². The molecule has 0 saturated heterocycles. The molecule has 0 spiro atoms. The van der Waals surface area contributed by atoms with Crippen LogP contribution in [-0.2, 0) is 32.5 Å². The van der Waals surface area contributed by atoms with Crippen molar-refractivity contribution >= 4 is 101 Å². The van der Waals surface area contributed by atoms with Gasteiger partial charge in [0.15, 0.2) is 0 Å². The quantitative estimate of drug-likeness (QED) is 0.107. The van der Waals surface area contributed by atoms with Crippen LogP contribution in [0.5, 0.6) is 0 Å². The first-order valence-electron chi connectivity index (χ1n) is 49.0. The van der Waals surface area contributed by atoms with E-state index in [1.54, 1.807) is 0 Å². The monoisotopic (exact) mass is 1770 g/mol. The number of aromatic nitrogens is 2. The highest BCUT2D eigenvalue weighted by Crippen LogP contribution is 2.57. The van der Waals surface area contributed by atoms with Crippen LogP contribution in [-0.4, -0.2) is 15.8 Å². The van der Waals surface area contributed by atoms with Crippen LogP contribution in [0.25, 0.3) is 155 Å². The molecule has 5 heteroatoms. The Hall–Kier alpha value is -14.8. The molecule has 0 fully saturated rings. The number of hydrogen-bond donors (Lipinski definition) is 0. The predicted molar refractivity (Wildman–Crippen MR) is 590 cm³/mol. The summed E-state index contributed by atoms with van der Waals surface area (Å²) in [6.07, 6.45) is 0. The maximum atomic E-state index is 2.78. The van der Waals surface area contributed by atoms with Gasteiger partial charge in [-0.2, -0.15) is 0 Å². The summed E-state index contributed by atoms with van der Waals surface area (Å²) in [6, 6.07) is 153. The summed E-state index contributed by atoms with van der Waals surface area (Å²) in [6.45, 7) is 42.1. The van der Waals surface area contributed by atoms with Gasteiger partial charge in [-0.15, -0.1) is 0 Å². The lowest BCUT2D eigenvalue weighted by Crippen LogP contribution is -2.61. The first kappa shape index (κ1) is 87.6. The molecule has 0 aliphatic carbocycles. The predicted octanol–water partition coefficient (Wildman–Crippen LogP) is 34.8. The van der Waals surface area contributed by atoms with E-state index in [2.05, 4.69) is 538 Å². The van der Waals surface area contributed by atoms with E-state index < -0.39 is 0 Å². The van der Waals surface area contributed by atoms with E-state index in [0.717, 1.165) is 145 Å². The van der Waals surface area contributed by atoms with Crippen molar-refractivity contribution < 1.29 is 0 Å². The topological polar surface area (TPSA) is 16.3 Å². The molecule has 0 bridgehead atoms. The molecule has 22 rings (SSSR count). The second-order valence-corrected chi connectivity index (χ2v) is 44.6. The number of nitrogens with zero attached hydrogens (tertiary/aromatic N) is 4. The van der Waals surface area contributed by atoms with Crippen LogP contribution in [0.1, 0.15) is 158 Å². The second kappa shape index (κ2) is 33.1. The molecule has 2 aliphatic rings. The van der Waals surface area contributed by atoms with Crippen molar-refractivity contribution in [3.05, 3.63) is 428 Å². The maximum absolute atomic E-state index is 2.78. The van der Waals surface area contributed by atoms with Crippen LogP contribution in [0.3, 0.4) is 0 Å². The fourth-order valence-electron chi connectivity index (χ4n) is 21.5. The van der Waals surface area contributed by atoms with Gasteiger partial charge in [0.2, 0.25) is 0 Å². The van der Waals surface area contributed by atoms with E-state index in [1.807, 2.05) is 0 Å². The van der Waals surface area contributed by atoms with Crippen molar-refractivity contribution in [1.82, 2.24) is 9.13 Å². The molecule has 0 atom stereocenters. The van der Waals surface area contributed by atoms with Crippen molar-refractivity contribution in [2.75, 3.05) is 9.80 Å². The summed E-state index contributed by atoms with van der Waals surface area (Å²) in [7, 11) is 0. The Kier molecular flexibility index (Phi) is 21.1. The molecular weight excluding hydrogens is 1650 g/mol. The number of benzene rings is 18. The largest absolute Gasteiger partial charge is 0.310 e.